The molecule has 0 aromatic carbocycles. The summed E-state index contributed by atoms with van der Waals surface area (Å²) in [6.45, 7) is 5.63. The van der Waals surface area contributed by atoms with E-state index in [-0.39, 0.29) is 6.42 Å². The first-order chi connectivity index (χ1) is 10.0. The van der Waals surface area contributed by atoms with E-state index in [1.807, 2.05) is 32.9 Å². The van der Waals surface area contributed by atoms with Gasteiger partial charge in [0.15, 0.2) is 0 Å². The summed E-state index contributed by atoms with van der Waals surface area (Å²) in [5, 5.41) is 13.4. The molecular weight excluding hydrogens is 270 g/mol. The smallest absolute Gasteiger partial charge is 0.310 e. The van der Waals surface area contributed by atoms with Gasteiger partial charge in [0.2, 0.25) is 11.7 Å². The van der Waals surface area contributed by atoms with Crippen LogP contribution in [0.4, 0.5) is 0 Å². The second-order valence-electron chi connectivity index (χ2n) is 5.15. The minimum Gasteiger partial charge on any atom is -0.481 e. The number of nitrogens with zero attached hydrogens (tertiary/aromatic N) is 3. The SMILES string of the molecule is CCC(CC)(Cc1nc(-c2ncccc2C)no1)C(=O)O. The van der Waals surface area contributed by atoms with Crippen molar-refractivity contribution >= 4 is 5.97 Å². The third-order valence-electron chi connectivity index (χ3n) is 3.99. The number of hydrogen-bond acceptors (Lipinski definition) is 5. The van der Waals surface area contributed by atoms with Crippen LogP contribution >= 0.6 is 0 Å². The lowest BCUT2D eigenvalue weighted by Crippen LogP contribution is -2.32. The summed E-state index contributed by atoms with van der Waals surface area (Å²) in [7, 11) is 0. The van der Waals surface area contributed by atoms with Crippen molar-refractivity contribution in [2.75, 3.05) is 0 Å². The third-order valence-corrected chi connectivity index (χ3v) is 3.99. The van der Waals surface area contributed by atoms with Crippen LogP contribution in [0.25, 0.3) is 11.5 Å². The van der Waals surface area contributed by atoms with Crippen LogP contribution in [-0.2, 0) is 11.2 Å². The number of hydrogen-bond donors (Lipinski definition) is 1. The van der Waals surface area contributed by atoms with Gasteiger partial charge >= 0.3 is 5.97 Å². The van der Waals surface area contributed by atoms with Crippen molar-refractivity contribution in [2.45, 2.75) is 40.0 Å². The normalized spacial score (nSPS) is 11.6. The quantitative estimate of drug-likeness (QED) is 0.879. The first-order valence-electron chi connectivity index (χ1n) is 7.00. The maximum absolute atomic E-state index is 11.5. The van der Waals surface area contributed by atoms with E-state index in [0.29, 0.717) is 30.3 Å². The highest BCUT2D eigenvalue weighted by atomic mass is 16.5. The molecule has 0 spiro atoms. The first-order valence-corrected chi connectivity index (χ1v) is 7.00. The van der Waals surface area contributed by atoms with Crippen LogP contribution in [0.2, 0.25) is 0 Å². The van der Waals surface area contributed by atoms with Crippen molar-refractivity contribution in [3.05, 3.63) is 29.8 Å². The lowest BCUT2D eigenvalue weighted by molar-refractivity contribution is -0.149. The predicted molar refractivity (Wildman–Crippen MR) is 76.6 cm³/mol. The van der Waals surface area contributed by atoms with E-state index in [1.54, 1.807) is 6.20 Å². The molecule has 0 aliphatic heterocycles. The second-order valence-corrected chi connectivity index (χ2v) is 5.15. The van der Waals surface area contributed by atoms with Gasteiger partial charge in [-0.3, -0.25) is 9.78 Å². The van der Waals surface area contributed by atoms with Crippen LogP contribution in [0.1, 0.15) is 38.1 Å². The molecule has 0 fully saturated rings. The van der Waals surface area contributed by atoms with Gasteiger partial charge in [-0.2, -0.15) is 4.98 Å². The number of aliphatic carboxylic acids is 1. The number of carbonyl (C=O) groups is 1. The van der Waals surface area contributed by atoms with Crippen molar-refractivity contribution in [2.24, 2.45) is 5.41 Å². The molecule has 6 heteroatoms. The van der Waals surface area contributed by atoms with Crippen LogP contribution in [0.3, 0.4) is 0 Å². The molecule has 2 aromatic rings. The van der Waals surface area contributed by atoms with E-state index in [0.717, 1.165) is 5.56 Å². The summed E-state index contributed by atoms with van der Waals surface area (Å²) in [6, 6.07) is 3.75. The number of aryl methyl sites for hydroxylation is 1. The Kier molecular flexibility index (Phi) is 4.35. The van der Waals surface area contributed by atoms with Crippen molar-refractivity contribution < 1.29 is 14.4 Å². The molecule has 0 saturated carbocycles. The molecule has 2 rings (SSSR count). The van der Waals surface area contributed by atoms with E-state index in [2.05, 4.69) is 15.1 Å². The molecule has 0 bridgehead atoms. The Balaban J connectivity index is 2.28. The van der Waals surface area contributed by atoms with Crippen molar-refractivity contribution in [3.63, 3.8) is 0 Å². The molecule has 21 heavy (non-hydrogen) atoms. The number of pyridine rings is 1. The zero-order chi connectivity index (χ0) is 15.5. The molecule has 0 aliphatic carbocycles. The summed E-state index contributed by atoms with van der Waals surface area (Å²) < 4.78 is 5.22. The number of aromatic nitrogens is 3. The zero-order valence-electron chi connectivity index (χ0n) is 12.5. The molecule has 0 amide bonds. The average Bonchev–Trinajstić information content (AvgIpc) is 2.93. The van der Waals surface area contributed by atoms with Crippen LogP contribution in [-0.4, -0.2) is 26.2 Å². The largest absolute Gasteiger partial charge is 0.481 e. The minimum absolute atomic E-state index is 0.230. The maximum atomic E-state index is 11.5. The fourth-order valence-corrected chi connectivity index (χ4v) is 2.31. The standard InChI is InChI=1S/C15H19N3O3/c1-4-15(5-2,14(19)20)9-11-17-13(18-21-11)12-10(3)7-6-8-16-12/h6-8H,4-5,9H2,1-3H3,(H,19,20). The maximum Gasteiger partial charge on any atom is 0.310 e. The molecule has 2 heterocycles. The number of carboxylic acids is 1. The van der Waals surface area contributed by atoms with Crippen molar-refractivity contribution in [1.82, 2.24) is 15.1 Å². The highest BCUT2D eigenvalue weighted by molar-refractivity contribution is 5.74. The molecule has 6 nitrogen and oxygen atoms in total. The van der Waals surface area contributed by atoms with Crippen molar-refractivity contribution in [3.8, 4) is 11.5 Å². The Morgan fingerprint density at radius 1 is 1.38 bits per heavy atom. The van der Waals surface area contributed by atoms with Gasteiger partial charge in [0.25, 0.3) is 0 Å². The second kappa shape index (κ2) is 6.03. The highest BCUT2D eigenvalue weighted by Gasteiger charge is 2.37. The molecule has 0 radical (unpaired) electrons. The fraction of sp³-hybridized carbons (Fsp3) is 0.467. The summed E-state index contributed by atoms with van der Waals surface area (Å²) in [5.41, 5.74) is 0.741. The molecule has 0 saturated heterocycles. The third kappa shape index (κ3) is 2.94. The first kappa shape index (κ1) is 15.2. The molecule has 0 atom stereocenters. The minimum atomic E-state index is -0.858. The number of rotatable bonds is 6. The topological polar surface area (TPSA) is 89.1 Å². The Morgan fingerprint density at radius 3 is 2.67 bits per heavy atom. The fourth-order valence-electron chi connectivity index (χ4n) is 2.31. The Labute approximate surface area is 123 Å². The monoisotopic (exact) mass is 289 g/mol. The van der Waals surface area contributed by atoms with Gasteiger partial charge in [0, 0.05) is 12.6 Å². The molecule has 0 aliphatic rings. The molecule has 0 unspecified atom stereocenters. The van der Waals surface area contributed by atoms with Crippen LogP contribution in [0.15, 0.2) is 22.9 Å². The van der Waals surface area contributed by atoms with E-state index in [9.17, 15) is 9.90 Å². The van der Waals surface area contributed by atoms with Crippen molar-refractivity contribution in [1.29, 1.82) is 0 Å². The Bertz CT molecular complexity index is 633. The molecule has 2 aromatic heterocycles. The van der Waals surface area contributed by atoms with Gasteiger partial charge in [0.05, 0.1) is 5.41 Å². The van der Waals surface area contributed by atoms with Gasteiger partial charge in [0.1, 0.15) is 5.69 Å². The van der Waals surface area contributed by atoms with E-state index >= 15 is 0 Å². The van der Waals surface area contributed by atoms with Crippen LogP contribution in [0.5, 0.6) is 0 Å². The number of carboxylic acid groups (broad SMARTS) is 1. The molecule has 112 valence electrons. The van der Waals surface area contributed by atoms with Gasteiger partial charge in [-0.15, -0.1) is 0 Å². The molecule has 1 N–H and O–H groups in total. The van der Waals surface area contributed by atoms with E-state index in [4.69, 9.17) is 4.52 Å². The summed E-state index contributed by atoms with van der Waals surface area (Å²) in [4.78, 5) is 20.0. The van der Waals surface area contributed by atoms with Gasteiger partial charge in [-0.1, -0.05) is 25.1 Å². The predicted octanol–water partition coefficient (Wildman–Crippen LogP) is 2.87. The van der Waals surface area contributed by atoms with Crippen LogP contribution in [0, 0.1) is 12.3 Å². The van der Waals surface area contributed by atoms with Gasteiger partial charge in [-0.05, 0) is 31.4 Å². The van der Waals surface area contributed by atoms with E-state index < -0.39 is 11.4 Å². The van der Waals surface area contributed by atoms with Gasteiger partial charge < -0.3 is 9.63 Å². The summed E-state index contributed by atoms with van der Waals surface area (Å²) >= 11 is 0. The Hall–Kier alpha value is -2.24. The van der Waals surface area contributed by atoms with Crippen LogP contribution < -0.4 is 0 Å². The van der Waals surface area contributed by atoms with Gasteiger partial charge in [-0.25, -0.2) is 0 Å². The van der Waals surface area contributed by atoms with E-state index in [1.165, 1.54) is 0 Å². The summed E-state index contributed by atoms with van der Waals surface area (Å²) in [6.07, 6.45) is 2.92. The highest BCUT2D eigenvalue weighted by Crippen LogP contribution is 2.31. The average molecular weight is 289 g/mol. The lowest BCUT2D eigenvalue weighted by atomic mass is 9.79. The zero-order valence-corrected chi connectivity index (χ0v) is 12.5. The summed E-state index contributed by atoms with van der Waals surface area (Å²) in [5.74, 6) is -0.1000. The Morgan fingerprint density at radius 2 is 2.10 bits per heavy atom. The lowest BCUT2D eigenvalue weighted by Gasteiger charge is -2.24. The molecular formula is C15H19N3O3.